The van der Waals surface area contributed by atoms with Crippen molar-refractivity contribution in [1.29, 1.82) is 5.26 Å². The maximum atomic E-state index is 12.6. The van der Waals surface area contributed by atoms with Gasteiger partial charge < -0.3 is 4.42 Å². The van der Waals surface area contributed by atoms with Crippen LogP contribution in [0.15, 0.2) is 57.5 Å². The maximum Gasteiger partial charge on any atom is 0.271 e. The average molecular weight is 458 g/mol. The fraction of sp³-hybridized carbons (Fsp3) is 0.150. The minimum Gasteiger partial charge on any atom is -0.457 e. The van der Waals surface area contributed by atoms with Gasteiger partial charge in [0, 0.05) is 21.3 Å². The van der Waals surface area contributed by atoms with Crippen molar-refractivity contribution in [2.75, 3.05) is 6.54 Å². The minimum absolute atomic E-state index is 0.0119. The average Bonchev–Trinajstić information content (AvgIpc) is 3.09. The Morgan fingerprint density at radius 2 is 1.85 bits per heavy atom. The first-order chi connectivity index (χ1) is 12.5. The first kappa shape index (κ1) is 18.1. The van der Waals surface area contributed by atoms with Crippen molar-refractivity contribution in [2.24, 2.45) is 0 Å². The minimum atomic E-state index is -0.548. The highest BCUT2D eigenvalue weighted by Crippen LogP contribution is 2.29. The van der Waals surface area contributed by atoms with E-state index in [4.69, 9.17) is 4.42 Å². The van der Waals surface area contributed by atoms with Gasteiger partial charge in [-0.15, -0.1) is 0 Å². The van der Waals surface area contributed by atoms with Crippen LogP contribution >= 0.6 is 22.6 Å². The van der Waals surface area contributed by atoms with Crippen molar-refractivity contribution >= 4 is 40.5 Å². The first-order valence-corrected chi connectivity index (χ1v) is 9.09. The summed E-state index contributed by atoms with van der Waals surface area (Å²) >= 11 is 2.23. The summed E-state index contributed by atoms with van der Waals surface area (Å²) in [6, 6.07) is 13.4. The zero-order valence-electron chi connectivity index (χ0n) is 14.2. The van der Waals surface area contributed by atoms with E-state index in [1.807, 2.05) is 36.4 Å². The Morgan fingerprint density at radius 3 is 2.46 bits per heavy atom. The van der Waals surface area contributed by atoms with Crippen LogP contribution in [0.2, 0.25) is 0 Å². The molecular weight excluding hydrogens is 443 g/mol. The summed E-state index contributed by atoms with van der Waals surface area (Å²) in [6.07, 6.45) is 1.58. The number of carbonyl (C=O) groups excluding carboxylic acids is 2. The molecule has 2 amide bonds. The second kappa shape index (κ2) is 7.30. The molecule has 2 heterocycles. The van der Waals surface area contributed by atoms with Gasteiger partial charge in [-0.25, -0.2) is 0 Å². The van der Waals surface area contributed by atoms with Gasteiger partial charge in [0.15, 0.2) is 0 Å². The molecule has 0 unspecified atom stereocenters. The number of nitriles is 1. The third kappa shape index (κ3) is 3.22. The van der Waals surface area contributed by atoms with Gasteiger partial charge in [0.25, 0.3) is 11.8 Å². The van der Waals surface area contributed by atoms with Crippen LogP contribution in [0, 0.1) is 14.9 Å². The lowest BCUT2D eigenvalue weighted by Gasteiger charge is -2.25. The highest BCUT2D eigenvalue weighted by Gasteiger charge is 2.34. The molecule has 0 saturated heterocycles. The number of hydrogen-bond donors (Lipinski definition) is 0. The number of hydrogen-bond acceptors (Lipinski definition) is 4. The number of furan rings is 1. The number of rotatable bonds is 3. The van der Waals surface area contributed by atoms with Crippen LogP contribution in [-0.2, 0) is 9.59 Å². The predicted molar refractivity (Wildman–Crippen MR) is 106 cm³/mol. The Hall–Kier alpha value is -2.66. The van der Waals surface area contributed by atoms with Gasteiger partial charge in [0.05, 0.1) is 0 Å². The number of likely N-dealkylation sites (N-methyl/N-ethyl adjacent to an activating group) is 1. The molecule has 0 aliphatic carbocycles. The standard InChI is InChI=1S/C20H15IN2O3/c1-3-23-19(24)16(12(2)17(11-22)20(23)25)10-15-8-9-18(26-15)13-4-6-14(21)7-5-13/h4-10H,3H2,1-2H3/b16-10+. The molecule has 130 valence electrons. The number of nitrogens with zero attached hydrogens (tertiary/aromatic N) is 2. The molecule has 0 spiro atoms. The summed E-state index contributed by atoms with van der Waals surface area (Å²) in [5.41, 5.74) is 1.59. The molecule has 5 nitrogen and oxygen atoms in total. The number of imide groups is 1. The van der Waals surface area contributed by atoms with Gasteiger partial charge in [-0.05, 0) is 72.4 Å². The molecule has 0 radical (unpaired) electrons. The third-order valence-corrected chi connectivity index (χ3v) is 4.90. The summed E-state index contributed by atoms with van der Waals surface area (Å²) in [7, 11) is 0. The van der Waals surface area contributed by atoms with E-state index in [1.165, 1.54) is 0 Å². The van der Waals surface area contributed by atoms with Gasteiger partial charge in [-0.1, -0.05) is 12.1 Å². The zero-order chi connectivity index (χ0) is 18.8. The van der Waals surface area contributed by atoms with Crippen LogP contribution in [0.3, 0.4) is 0 Å². The molecule has 6 heteroatoms. The second-order valence-corrected chi connectivity index (χ2v) is 6.98. The van der Waals surface area contributed by atoms with Gasteiger partial charge in [-0.2, -0.15) is 5.26 Å². The number of benzene rings is 1. The smallest absolute Gasteiger partial charge is 0.271 e. The van der Waals surface area contributed by atoms with Gasteiger partial charge in [0.1, 0.15) is 23.2 Å². The number of amides is 2. The Kier molecular flexibility index (Phi) is 5.09. The largest absolute Gasteiger partial charge is 0.457 e. The lowest BCUT2D eigenvalue weighted by atomic mass is 9.95. The molecule has 0 N–H and O–H groups in total. The van der Waals surface area contributed by atoms with Crippen molar-refractivity contribution in [2.45, 2.75) is 13.8 Å². The van der Waals surface area contributed by atoms with E-state index < -0.39 is 11.8 Å². The molecule has 1 aromatic heterocycles. The van der Waals surface area contributed by atoms with Crippen LogP contribution in [0.1, 0.15) is 19.6 Å². The van der Waals surface area contributed by atoms with Gasteiger partial charge >= 0.3 is 0 Å². The predicted octanol–water partition coefficient (Wildman–Crippen LogP) is 4.16. The summed E-state index contributed by atoms with van der Waals surface area (Å²) in [5, 5.41) is 9.27. The fourth-order valence-corrected chi connectivity index (χ4v) is 3.12. The van der Waals surface area contributed by atoms with Crippen LogP contribution in [-0.4, -0.2) is 23.3 Å². The van der Waals surface area contributed by atoms with Crippen molar-refractivity contribution in [3.63, 3.8) is 0 Å². The van der Waals surface area contributed by atoms with Crippen LogP contribution < -0.4 is 0 Å². The quantitative estimate of drug-likeness (QED) is 0.393. The lowest BCUT2D eigenvalue weighted by Crippen LogP contribution is -2.42. The van der Waals surface area contributed by atoms with Gasteiger partial charge in [-0.3, -0.25) is 14.5 Å². The van der Waals surface area contributed by atoms with Crippen LogP contribution in [0.4, 0.5) is 0 Å². The Labute approximate surface area is 164 Å². The van der Waals surface area contributed by atoms with E-state index in [0.717, 1.165) is 14.0 Å². The maximum absolute atomic E-state index is 12.6. The summed E-state index contributed by atoms with van der Waals surface area (Å²) in [4.78, 5) is 25.9. The Bertz CT molecular complexity index is 991. The topological polar surface area (TPSA) is 74.3 Å². The van der Waals surface area contributed by atoms with E-state index in [0.29, 0.717) is 22.7 Å². The Morgan fingerprint density at radius 1 is 1.15 bits per heavy atom. The SMILES string of the molecule is CCN1C(=O)C(C#N)=C(C)/C(=C\c2ccc(-c3ccc(I)cc3)o2)C1=O. The summed E-state index contributed by atoms with van der Waals surface area (Å²) < 4.78 is 6.96. The van der Waals surface area contributed by atoms with Crippen molar-refractivity contribution in [1.82, 2.24) is 4.90 Å². The summed E-state index contributed by atoms with van der Waals surface area (Å²) in [6.45, 7) is 3.51. The van der Waals surface area contributed by atoms with Gasteiger partial charge in [0.2, 0.25) is 0 Å². The third-order valence-electron chi connectivity index (χ3n) is 4.18. The highest BCUT2D eigenvalue weighted by atomic mass is 127. The fourth-order valence-electron chi connectivity index (χ4n) is 2.76. The molecule has 0 bridgehead atoms. The van der Waals surface area contributed by atoms with Crippen LogP contribution in [0.25, 0.3) is 17.4 Å². The molecular formula is C20H15IN2O3. The van der Waals surface area contributed by atoms with Crippen molar-refractivity contribution < 1.29 is 14.0 Å². The van der Waals surface area contributed by atoms with Crippen molar-refractivity contribution in [3.05, 3.63) is 62.4 Å². The molecule has 0 fully saturated rings. The molecule has 1 aliphatic heterocycles. The molecule has 26 heavy (non-hydrogen) atoms. The monoisotopic (exact) mass is 458 g/mol. The van der Waals surface area contributed by atoms with E-state index in [9.17, 15) is 14.9 Å². The van der Waals surface area contributed by atoms with E-state index in [1.54, 1.807) is 26.0 Å². The Balaban J connectivity index is 2.02. The normalized spacial score (nSPS) is 16.4. The zero-order valence-corrected chi connectivity index (χ0v) is 16.4. The lowest BCUT2D eigenvalue weighted by molar-refractivity contribution is -0.140. The first-order valence-electron chi connectivity index (χ1n) is 8.01. The summed E-state index contributed by atoms with van der Waals surface area (Å²) in [5.74, 6) is 0.209. The molecule has 0 saturated carbocycles. The number of halogens is 1. The van der Waals surface area contributed by atoms with Crippen LogP contribution in [0.5, 0.6) is 0 Å². The van der Waals surface area contributed by atoms with E-state index >= 15 is 0 Å². The van der Waals surface area contributed by atoms with Crippen molar-refractivity contribution in [3.8, 4) is 17.4 Å². The number of carbonyl (C=O) groups is 2. The molecule has 1 aliphatic rings. The van der Waals surface area contributed by atoms with E-state index in [-0.39, 0.29) is 12.1 Å². The molecule has 0 atom stereocenters. The molecule has 2 aromatic rings. The second-order valence-electron chi connectivity index (χ2n) is 5.73. The van der Waals surface area contributed by atoms with E-state index in [2.05, 4.69) is 22.6 Å². The molecule has 3 rings (SSSR count). The molecule has 1 aromatic carbocycles. The highest BCUT2D eigenvalue weighted by molar-refractivity contribution is 14.1.